The van der Waals surface area contributed by atoms with Crippen LogP contribution in [0.5, 0.6) is 28.7 Å². The molecule has 0 amide bonds. The van der Waals surface area contributed by atoms with E-state index in [4.69, 9.17) is 0 Å². The maximum atomic E-state index is 14.9. The number of carboxylic acid groups (broad SMARTS) is 1. The summed E-state index contributed by atoms with van der Waals surface area (Å²) in [7, 11) is 0. The van der Waals surface area contributed by atoms with Crippen LogP contribution < -0.4 is 9.47 Å². The molecule has 0 bridgehead atoms. The van der Waals surface area contributed by atoms with Crippen molar-refractivity contribution >= 4 is 5.97 Å². The monoisotopic (exact) mass is 668 g/mol. The van der Waals surface area contributed by atoms with Gasteiger partial charge in [0.2, 0.25) is 81.2 Å². The fourth-order valence-corrected chi connectivity index (χ4v) is 3.62. The standard InChI is InChI=1S/C25H3F15O5/c26-6-5(7(27)9(29)10(30)8(6)28)4-2(25(42)43)1-3(41)21(44-23-17(37)13(33)11(31)14(34)18(23)38)22(4)45-24-19(39)15(35)12(32)16(36)20(24)40/h1,41H,(H,42,43). The SMILES string of the molecule is O=C(O)c1cc(O)c(Oc2c(F)c(F)c(F)c(F)c2F)c(Oc2c(F)c(F)c(F)c(F)c2F)c1-c1c(F)c(F)c(F)c(F)c1F. The number of aromatic hydroxyl groups is 1. The molecule has 0 atom stereocenters. The average Bonchev–Trinajstić information content (AvgIpc) is 3.00. The van der Waals surface area contributed by atoms with Crippen LogP contribution in [0.1, 0.15) is 10.4 Å². The Morgan fingerprint density at radius 1 is 0.422 bits per heavy atom. The van der Waals surface area contributed by atoms with E-state index in [1.165, 1.54) is 0 Å². The zero-order chi connectivity index (χ0) is 34.0. The van der Waals surface area contributed by atoms with E-state index in [-0.39, 0.29) is 6.07 Å². The van der Waals surface area contributed by atoms with Crippen LogP contribution in [0.3, 0.4) is 0 Å². The number of ether oxygens (including phenoxy) is 2. The average molecular weight is 668 g/mol. The summed E-state index contributed by atoms with van der Waals surface area (Å²) in [4.78, 5) is 11.9. The Morgan fingerprint density at radius 3 is 1.04 bits per heavy atom. The molecule has 0 aromatic heterocycles. The predicted octanol–water partition coefficient (Wildman–Crippen LogP) is 8.43. The van der Waals surface area contributed by atoms with Crippen molar-refractivity contribution < 1.29 is 90.3 Å². The van der Waals surface area contributed by atoms with Crippen LogP contribution in [0.25, 0.3) is 11.1 Å². The predicted molar refractivity (Wildman–Crippen MR) is 113 cm³/mol. The molecule has 0 unspecified atom stereocenters. The fraction of sp³-hybridized carbons (Fsp3) is 0. The first-order valence-corrected chi connectivity index (χ1v) is 10.9. The first-order chi connectivity index (χ1) is 20.8. The van der Waals surface area contributed by atoms with Crippen molar-refractivity contribution in [2.24, 2.45) is 0 Å². The summed E-state index contributed by atoms with van der Waals surface area (Å²) < 4.78 is 221. The van der Waals surface area contributed by atoms with Crippen molar-refractivity contribution in [1.82, 2.24) is 0 Å². The van der Waals surface area contributed by atoms with Crippen LogP contribution in [0.15, 0.2) is 6.07 Å². The minimum Gasteiger partial charge on any atom is -0.504 e. The van der Waals surface area contributed by atoms with Gasteiger partial charge in [0.05, 0.1) is 11.1 Å². The fourth-order valence-electron chi connectivity index (χ4n) is 3.62. The maximum Gasteiger partial charge on any atom is 0.336 e. The van der Waals surface area contributed by atoms with Crippen molar-refractivity contribution in [1.29, 1.82) is 0 Å². The van der Waals surface area contributed by atoms with Gasteiger partial charge in [-0.05, 0) is 6.07 Å². The zero-order valence-corrected chi connectivity index (χ0v) is 20.4. The highest BCUT2D eigenvalue weighted by molar-refractivity contribution is 6.00. The lowest BCUT2D eigenvalue weighted by atomic mass is 9.95. The van der Waals surface area contributed by atoms with Gasteiger partial charge in [-0.15, -0.1) is 0 Å². The summed E-state index contributed by atoms with van der Waals surface area (Å²) in [5.74, 6) is -57.6. The number of phenols is 1. The zero-order valence-electron chi connectivity index (χ0n) is 20.4. The largest absolute Gasteiger partial charge is 0.504 e. The van der Waals surface area contributed by atoms with Crippen molar-refractivity contribution in [3.63, 3.8) is 0 Å². The van der Waals surface area contributed by atoms with Gasteiger partial charge in [-0.1, -0.05) is 0 Å². The molecule has 4 rings (SSSR count). The topological polar surface area (TPSA) is 76.0 Å². The normalized spacial score (nSPS) is 11.3. The summed E-state index contributed by atoms with van der Waals surface area (Å²) in [5.41, 5.74) is -6.53. The van der Waals surface area contributed by atoms with Crippen molar-refractivity contribution in [2.75, 3.05) is 0 Å². The van der Waals surface area contributed by atoms with E-state index < -0.39 is 139 Å². The van der Waals surface area contributed by atoms with Gasteiger partial charge in [-0.3, -0.25) is 0 Å². The number of hydrogen-bond acceptors (Lipinski definition) is 4. The summed E-state index contributed by atoms with van der Waals surface area (Å²) in [6, 6.07) is -0.275. The van der Waals surface area contributed by atoms with Gasteiger partial charge in [0.25, 0.3) is 0 Å². The Morgan fingerprint density at radius 2 is 0.711 bits per heavy atom. The van der Waals surface area contributed by atoms with E-state index in [0.29, 0.717) is 0 Å². The molecule has 4 aromatic carbocycles. The molecule has 0 aliphatic carbocycles. The van der Waals surface area contributed by atoms with Crippen LogP contribution in [0, 0.1) is 87.3 Å². The minimum absolute atomic E-state index is 0.275. The second-order valence-corrected chi connectivity index (χ2v) is 8.23. The smallest absolute Gasteiger partial charge is 0.336 e. The number of hydrogen-bond donors (Lipinski definition) is 2. The summed E-state index contributed by atoms with van der Waals surface area (Å²) in [5, 5.41) is 19.9. The molecule has 0 aliphatic heterocycles. The second-order valence-electron chi connectivity index (χ2n) is 8.23. The number of halogens is 15. The molecule has 2 N–H and O–H groups in total. The molecule has 0 radical (unpaired) electrons. The van der Waals surface area contributed by atoms with Gasteiger partial charge < -0.3 is 19.7 Å². The van der Waals surface area contributed by atoms with E-state index in [2.05, 4.69) is 9.47 Å². The molecular formula is C25H3F15O5. The molecule has 0 heterocycles. The van der Waals surface area contributed by atoms with E-state index in [1.807, 2.05) is 0 Å². The number of carboxylic acids is 1. The molecule has 4 aromatic rings. The van der Waals surface area contributed by atoms with Gasteiger partial charge in [-0.25, -0.2) is 53.1 Å². The number of carbonyl (C=O) groups is 1. The van der Waals surface area contributed by atoms with Crippen LogP contribution in [-0.2, 0) is 0 Å². The highest BCUT2D eigenvalue weighted by Gasteiger charge is 2.38. The first-order valence-electron chi connectivity index (χ1n) is 10.9. The van der Waals surface area contributed by atoms with Crippen LogP contribution in [0.4, 0.5) is 65.9 Å². The lowest BCUT2D eigenvalue weighted by molar-refractivity contribution is 0.0696. The summed E-state index contributed by atoms with van der Waals surface area (Å²) in [6.45, 7) is 0. The van der Waals surface area contributed by atoms with E-state index in [9.17, 15) is 80.9 Å². The number of benzene rings is 4. The molecule has 45 heavy (non-hydrogen) atoms. The minimum atomic E-state index is -2.95. The van der Waals surface area contributed by atoms with Gasteiger partial charge in [0.15, 0.2) is 34.8 Å². The Hall–Kier alpha value is -5.30. The third kappa shape index (κ3) is 4.94. The van der Waals surface area contributed by atoms with Crippen molar-refractivity contribution in [3.8, 4) is 39.9 Å². The van der Waals surface area contributed by atoms with Gasteiger partial charge in [0.1, 0.15) is 0 Å². The third-order valence-electron chi connectivity index (χ3n) is 5.65. The molecule has 0 aliphatic rings. The lowest BCUT2D eigenvalue weighted by Crippen LogP contribution is -2.11. The van der Waals surface area contributed by atoms with Gasteiger partial charge in [0, 0.05) is 5.56 Å². The number of phenolic OH excluding ortho intramolecular Hbond substituents is 1. The third-order valence-corrected chi connectivity index (χ3v) is 5.65. The summed E-state index contributed by atoms with van der Waals surface area (Å²) in [6.07, 6.45) is 0. The molecule has 238 valence electrons. The number of rotatable bonds is 6. The molecule has 0 fully saturated rings. The van der Waals surface area contributed by atoms with Crippen LogP contribution >= 0.6 is 0 Å². The first kappa shape index (κ1) is 32.6. The second kappa shape index (κ2) is 11.3. The molecular weight excluding hydrogens is 665 g/mol. The highest BCUT2D eigenvalue weighted by Crippen LogP contribution is 2.53. The molecule has 0 saturated heterocycles. The Kier molecular flexibility index (Phi) is 8.20. The number of aromatic carboxylic acids is 1. The molecule has 5 nitrogen and oxygen atoms in total. The molecule has 0 spiro atoms. The quantitative estimate of drug-likeness (QED) is 0.123. The highest BCUT2D eigenvalue weighted by atomic mass is 19.2. The molecule has 0 saturated carbocycles. The van der Waals surface area contributed by atoms with Crippen molar-refractivity contribution in [3.05, 3.63) is 98.9 Å². The van der Waals surface area contributed by atoms with Crippen LogP contribution in [-0.4, -0.2) is 16.2 Å². The van der Waals surface area contributed by atoms with E-state index in [1.54, 1.807) is 0 Å². The Bertz CT molecular complexity index is 1870. The van der Waals surface area contributed by atoms with Gasteiger partial charge >= 0.3 is 5.97 Å². The van der Waals surface area contributed by atoms with E-state index in [0.717, 1.165) is 0 Å². The van der Waals surface area contributed by atoms with E-state index >= 15 is 0 Å². The lowest BCUT2D eigenvalue weighted by Gasteiger charge is -2.21. The van der Waals surface area contributed by atoms with Crippen LogP contribution in [0.2, 0.25) is 0 Å². The van der Waals surface area contributed by atoms with Gasteiger partial charge in [-0.2, -0.15) is 17.6 Å². The molecule has 20 heteroatoms. The van der Waals surface area contributed by atoms with Crippen molar-refractivity contribution in [2.45, 2.75) is 0 Å². The maximum absolute atomic E-state index is 14.9. The summed E-state index contributed by atoms with van der Waals surface area (Å²) >= 11 is 0. The Balaban J connectivity index is 2.25. The Labute approximate surface area is 235 Å².